The highest BCUT2D eigenvalue weighted by Gasteiger charge is 2.28. The first-order valence-electron chi connectivity index (χ1n) is 9.58. The molecule has 0 saturated heterocycles. The number of ether oxygens (including phenoxy) is 2. The fraction of sp³-hybridized carbons (Fsp3) is 0.136. The van der Waals surface area contributed by atoms with Crippen molar-refractivity contribution in [3.8, 4) is 11.5 Å². The van der Waals surface area contributed by atoms with Crippen LogP contribution in [0.3, 0.4) is 0 Å². The van der Waals surface area contributed by atoms with Crippen LogP contribution in [0.5, 0.6) is 11.5 Å². The van der Waals surface area contributed by atoms with Gasteiger partial charge in [0.25, 0.3) is 11.6 Å². The average Bonchev–Trinajstić information content (AvgIpc) is 3.24. The summed E-state index contributed by atoms with van der Waals surface area (Å²) < 4.78 is 11.5. The first kappa shape index (κ1) is 22.4. The van der Waals surface area contributed by atoms with E-state index in [1.807, 2.05) is 0 Å². The van der Waals surface area contributed by atoms with Gasteiger partial charge in [-0.3, -0.25) is 24.8 Å². The van der Waals surface area contributed by atoms with Crippen LogP contribution in [0.25, 0.3) is 10.2 Å². The van der Waals surface area contributed by atoms with E-state index in [1.54, 1.807) is 36.7 Å². The number of rotatable bonds is 7. The van der Waals surface area contributed by atoms with Crippen LogP contribution in [-0.4, -0.2) is 35.0 Å². The summed E-state index contributed by atoms with van der Waals surface area (Å²) in [5.41, 5.74) is 0.845. The SMILES string of the molecule is COc1cc2nc(N(Cc3cccnc3)C(=O)c3cc(Cl)ccc3[N+](=O)[O-])sc2cc1OC. The largest absolute Gasteiger partial charge is 0.493 e. The zero-order chi connectivity index (χ0) is 23.5. The van der Waals surface area contributed by atoms with Gasteiger partial charge in [-0.25, -0.2) is 4.98 Å². The first-order valence-corrected chi connectivity index (χ1v) is 10.8. The Labute approximate surface area is 197 Å². The number of nitro benzene ring substituents is 1. The maximum absolute atomic E-state index is 13.6. The van der Waals surface area contributed by atoms with E-state index >= 15 is 0 Å². The number of anilines is 1. The van der Waals surface area contributed by atoms with Crippen molar-refractivity contribution >= 4 is 49.9 Å². The number of aromatic nitrogens is 2. The Morgan fingerprint density at radius 1 is 1.18 bits per heavy atom. The summed E-state index contributed by atoms with van der Waals surface area (Å²) in [6, 6.07) is 10.9. The van der Waals surface area contributed by atoms with E-state index < -0.39 is 10.8 Å². The molecule has 1 amide bonds. The van der Waals surface area contributed by atoms with Crippen molar-refractivity contribution in [2.75, 3.05) is 19.1 Å². The number of hydrogen-bond acceptors (Lipinski definition) is 8. The van der Waals surface area contributed by atoms with Crippen molar-refractivity contribution in [2.24, 2.45) is 0 Å². The van der Waals surface area contributed by atoms with Crippen LogP contribution >= 0.6 is 22.9 Å². The lowest BCUT2D eigenvalue weighted by atomic mass is 10.1. The molecule has 0 bridgehead atoms. The van der Waals surface area contributed by atoms with E-state index in [2.05, 4.69) is 9.97 Å². The molecule has 0 atom stereocenters. The molecule has 0 aliphatic rings. The first-order chi connectivity index (χ1) is 15.9. The number of hydrogen-bond donors (Lipinski definition) is 0. The van der Waals surface area contributed by atoms with Gasteiger partial charge >= 0.3 is 0 Å². The number of fused-ring (bicyclic) bond motifs is 1. The number of thiazole rings is 1. The van der Waals surface area contributed by atoms with Gasteiger partial charge in [0.2, 0.25) is 0 Å². The summed E-state index contributed by atoms with van der Waals surface area (Å²) in [5.74, 6) is 0.416. The lowest BCUT2D eigenvalue weighted by Crippen LogP contribution is -2.31. The Balaban J connectivity index is 1.85. The van der Waals surface area contributed by atoms with Crippen LogP contribution < -0.4 is 14.4 Å². The Morgan fingerprint density at radius 3 is 2.61 bits per heavy atom. The molecule has 0 aliphatic heterocycles. The zero-order valence-corrected chi connectivity index (χ0v) is 19.1. The van der Waals surface area contributed by atoms with E-state index in [0.717, 1.165) is 10.3 Å². The van der Waals surface area contributed by atoms with Crippen LogP contribution in [0.4, 0.5) is 10.8 Å². The Kier molecular flexibility index (Phi) is 6.38. The van der Waals surface area contributed by atoms with E-state index in [0.29, 0.717) is 22.1 Å². The highest BCUT2D eigenvalue weighted by Crippen LogP contribution is 2.38. The molecule has 0 saturated carbocycles. The molecule has 4 aromatic rings. The molecule has 9 nitrogen and oxygen atoms in total. The maximum Gasteiger partial charge on any atom is 0.282 e. The van der Waals surface area contributed by atoms with E-state index in [4.69, 9.17) is 21.1 Å². The molecule has 2 aromatic carbocycles. The minimum Gasteiger partial charge on any atom is -0.493 e. The van der Waals surface area contributed by atoms with Crippen LogP contribution in [0.2, 0.25) is 5.02 Å². The van der Waals surface area contributed by atoms with Crippen LogP contribution in [0.15, 0.2) is 54.9 Å². The topological polar surface area (TPSA) is 108 Å². The molecular formula is C22H17ClN4O5S. The summed E-state index contributed by atoms with van der Waals surface area (Å²) in [6.07, 6.45) is 3.24. The van der Waals surface area contributed by atoms with Crippen molar-refractivity contribution < 1.29 is 19.2 Å². The summed E-state index contributed by atoms with van der Waals surface area (Å²) in [4.78, 5) is 34.6. The molecule has 0 aliphatic carbocycles. The third-order valence-electron chi connectivity index (χ3n) is 4.81. The number of carbonyl (C=O) groups excluding carboxylic acids is 1. The Hall–Kier alpha value is -3.76. The third-order valence-corrected chi connectivity index (χ3v) is 6.08. The fourth-order valence-electron chi connectivity index (χ4n) is 3.24. The second kappa shape index (κ2) is 9.39. The summed E-state index contributed by atoms with van der Waals surface area (Å²) in [7, 11) is 3.05. The number of halogens is 1. The number of nitro groups is 1. The van der Waals surface area contributed by atoms with Gasteiger partial charge in [-0.05, 0) is 23.8 Å². The quantitative estimate of drug-likeness (QED) is 0.264. The molecule has 0 unspecified atom stereocenters. The highest BCUT2D eigenvalue weighted by atomic mass is 35.5. The van der Waals surface area contributed by atoms with Crippen molar-refractivity contribution in [3.63, 3.8) is 0 Å². The average molecular weight is 485 g/mol. The molecule has 4 rings (SSSR count). The lowest BCUT2D eigenvalue weighted by molar-refractivity contribution is -0.385. The number of benzene rings is 2. The number of methoxy groups -OCH3 is 2. The standard InChI is InChI=1S/C22H17ClN4O5S/c1-31-18-9-16-20(10-19(18)32-2)33-22(25-16)26(12-13-4-3-7-24-11-13)21(28)15-8-14(23)5-6-17(15)27(29)30/h3-11H,12H2,1-2H3. The van der Waals surface area contributed by atoms with Gasteiger partial charge in [-0.1, -0.05) is 29.0 Å². The van der Waals surface area contributed by atoms with Gasteiger partial charge in [0.1, 0.15) is 5.56 Å². The van der Waals surface area contributed by atoms with Gasteiger partial charge in [-0.15, -0.1) is 0 Å². The van der Waals surface area contributed by atoms with Crippen molar-refractivity contribution in [1.29, 1.82) is 0 Å². The van der Waals surface area contributed by atoms with Gasteiger partial charge in [0.05, 0.1) is 35.9 Å². The summed E-state index contributed by atoms with van der Waals surface area (Å²) in [5, 5.41) is 12.1. The highest BCUT2D eigenvalue weighted by molar-refractivity contribution is 7.22. The second-order valence-electron chi connectivity index (χ2n) is 6.84. The zero-order valence-electron chi connectivity index (χ0n) is 17.5. The maximum atomic E-state index is 13.6. The molecule has 33 heavy (non-hydrogen) atoms. The van der Waals surface area contributed by atoms with Gasteiger partial charge in [0, 0.05) is 35.6 Å². The number of amides is 1. The van der Waals surface area contributed by atoms with Crippen molar-refractivity contribution in [3.05, 3.63) is 81.1 Å². The van der Waals surface area contributed by atoms with Crippen LogP contribution in [0, 0.1) is 10.1 Å². The monoisotopic (exact) mass is 484 g/mol. The lowest BCUT2D eigenvalue weighted by Gasteiger charge is -2.20. The van der Waals surface area contributed by atoms with E-state index in [9.17, 15) is 14.9 Å². The fourth-order valence-corrected chi connectivity index (χ4v) is 4.39. The minimum absolute atomic E-state index is 0.102. The molecule has 0 radical (unpaired) electrons. The number of carbonyl (C=O) groups is 1. The van der Waals surface area contributed by atoms with E-state index in [1.165, 1.54) is 48.7 Å². The Bertz CT molecular complexity index is 1300. The summed E-state index contributed by atoms with van der Waals surface area (Å²) >= 11 is 7.31. The summed E-state index contributed by atoms with van der Waals surface area (Å²) in [6.45, 7) is 0.102. The van der Waals surface area contributed by atoms with Gasteiger partial charge in [-0.2, -0.15) is 0 Å². The molecule has 11 heteroatoms. The number of nitrogens with zero attached hydrogens (tertiary/aromatic N) is 4. The van der Waals surface area contributed by atoms with Crippen LogP contribution in [-0.2, 0) is 6.54 Å². The molecule has 0 N–H and O–H groups in total. The molecule has 0 fully saturated rings. The molecule has 0 spiro atoms. The molecule has 168 valence electrons. The minimum atomic E-state index is -0.611. The molecular weight excluding hydrogens is 468 g/mol. The van der Waals surface area contributed by atoms with E-state index in [-0.39, 0.29) is 22.8 Å². The molecule has 2 aromatic heterocycles. The van der Waals surface area contributed by atoms with Gasteiger partial charge < -0.3 is 9.47 Å². The predicted octanol–water partition coefficient (Wildman–Crippen LogP) is 5.12. The van der Waals surface area contributed by atoms with Crippen molar-refractivity contribution in [2.45, 2.75) is 6.54 Å². The number of pyridine rings is 1. The van der Waals surface area contributed by atoms with Crippen molar-refractivity contribution in [1.82, 2.24) is 9.97 Å². The second-order valence-corrected chi connectivity index (χ2v) is 8.29. The smallest absolute Gasteiger partial charge is 0.282 e. The van der Waals surface area contributed by atoms with Crippen LogP contribution in [0.1, 0.15) is 15.9 Å². The predicted molar refractivity (Wildman–Crippen MR) is 126 cm³/mol. The van der Waals surface area contributed by atoms with Gasteiger partial charge in [0.15, 0.2) is 16.6 Å². The Morgan fingerprint density at radius 2 is 1.94 bits per heavy atom. The molecule has 2 heterocycles. The third kappa shape index (κ3) is 4.57. The normalized spacial score (nSPS) is 10.8.